The molecule has 3 aromatic rings. The van der Waals surface area contributed by atoms with Crippen LogP contribution in [-0.2, 0) is 9.59 Å². The van der Waals surface area contributed by atoms with E-state index in [-0.39, 0.29) is 16.7 Å². The summed E-state index contributed by atoms with van der Waals surface area (Å²) >= 11 is 0. The molecule has 0 bridgehead atoms. The minimum atomic E-state index is -1.31. The SMILES string of the molecule is COc1ccc(/C(O)=C2\C(=O)C(=O)N(c3cc(F)ccc3F)C2c2ccc(F)cc2)cc1. The molecular formula is C24H16F3NO4. The van der Waals surface area contributed by atoms with Crippen molar-refractivity contribution in [3.05, 3.63) is 101 Å². The number of rotatable bonds is 4. The Morgan fingerprint density at radius 3 is 2.16 bits per heavy atom. The number of benzene rings is 3. The molecule has 0 aliphatic carbocycles. The van der Waals surface area contributed by atoms with E-state index in [9.17, 15) is 27.9 Å². The molecule has 5 nitrogen and oxygen atoms in total. The molecule has 0 radical (unpaired) electrons. The predicted octanol–water partition coefficient (Wildman–Crippen LogP) is 4.74. The van der Waals surface area contributed by atoms with Gasteiger partial charge in [0.15, 0.2) is 0 Å². The highest BCUT2D eigenvalue weighted by molar-refractivity contribution is 6.51. The number of carbonyl (C=O) groups is 2. The summed E-state index contributed by atoms with van der Waals surface area (Å²) in [6.07, 6.45) is 0. The van der Waals surface area contributed by atoms with Gasteiger partial charge in [-0.25, -0.2) is 13.2 Å². The number of aliphatic hydroxyl groups excluding tert-OH is 1. The van der Waals surface area contributed by atoms with Crippen molar-refractivity contribution in [3.63, 3.8) is 0 Å². The second-order valence-electron chi connectivity index (χ2n) is 7.04. The van der Waals surface area contributed by atoms with Gasteiger partial charge in [0.05, 0.1) is 24.4 Å². The third-order valence-corrected chi connectivity index (χ3v) is 5.16. The number of Topliss-reactive ketones (excluding diaryl/α,β-unsaturated/α-hetero) is 1. The van der Waals surface area contributed by atoms with Gasteiger partial charge >= 0.3 is 0 Å². The van der Waals surface area contributed by atoms with Crippen LogP contribution < -0.4 is 9.64 Å². The molecule has 1 fully saturated rings. The van der Waals surface area contributed by atoms with Crippen molar-refractivity contribution < 1.29 is 32.6 Å². The molecule has 3 aromatic carbocycles. The molecule has 1 amide bonds. The van der Waals surface area contributed by atoms with Gasteiger partial charge in [0.1, 0.15) is 29.0 Å². The van der Waals surface area contributed by atoms with E-state index in [0.29, 0.717) is 5.75 Å². The zero-order chi connectivity index (χ0) is 23.0. The maximum Gasteiger partial charge on any atom is 0.300 e. The first kappa shape index (κ1) is 21.2. The third kappa shape index (κ3) is 3.60. The highest BCUT2D eigenvalue weighted by Crippen LogP contribution is 2.43. The summed E-state index contributed by atoms with van der Waals surface area (Å²) in [7, 11) is 1.46. The molecule has 1 aliphatic rings. The maximum atomic E-state index is 14.6. The van der Waals surface area contributed by atoms with Crippen molar-refractivity contribution in [2.75, 3.05) is 12.0 Å². The van der Waals surface area contributed by atoms with Crippen LogP contribution >= 0.6 is 0 Å². The van der Waals surface area contributed by atoms with E-state index >= 15 is 0 Å². The fourth-order valence-electron chi connectivity index (χ4n) is 3.62. The van der Waals surface area contributed by atoms with Gasteiger partial charge in [-0.2, -0.15) is 0 Å². The van der Waals surface area contributed by atoms with E-state index in [4.69, 9.17) is 4.74 Å². The molecule has 1 saturated heterocycles. The van der Waals surface area contributed by atoms with Gasteiger partial charge < -0.3 is 9.84 Å². The number of ketones is 1. The molecule has 1 N–H and O–H groups in total. The number of nitrogens with zero attached hydrogens (tertiary/aromatic N) is 1. The Kier molecular flexibility index (Phi) is 5.44. The molecule has 0 saturated carbocycles. The first-order valence-corrected chi connectivity index (χ1v) is 9.47. The molecule has 4 rings (SSSR count). The van der Waals surface area contributed by atoms with Gasteiger partial charge in [-0.1, -0.05) is 12.1 Å². The summed E-state index contributed by atoms with van der Waals surface area (Å²) in [5.41, 5.74) is -0.384. The lowest BCUT2D eigenvalue weighted by Crippen LogP contribution is -2.30. The summed E-state index contributed by atoms with van der Waals surface area (Å²) in [5.74, 6) is -4.59. The smallest absolute Gasteiger partial charge is 0.300 e. The van der Waals surface area contributed by atoms with Crippen LogP contribution in [0.1, 0.15) is 17.2 Å². The summed E-state index contributed by atoms with van der Waals surface area (Å²) in [4.78, 5) is 26.6. The first-order valence-electron chi connectivity index (χ1n) is 9.47. The number of hydrogen-bond acceptors (Lipinski definition) is 4. The van der Waals surface area contributed by atoms with Gasteiger partial charge in [-0.3, -0.25) is 14.5 Å². The predicted molar refractivity (Wildman–Crippen MR) is 111 cm³/mol. The average Bonchev–Trinajstić information content (AvgIpc) is 3.06. The second kappa shape index (κ2) is 8.22. The van der Waals surface area contributed by atoms with Crippen LogP contribution in [-0.4, -0.2) is 23.9 Å². The summed E-state index contributed by atoms with van der Waals surface area (Å²) < 4.78 is 47.1. The monoisotopic (exact) mass is 439 g/mol. The second-order valence-corrected chi connectivity index (χ2v) is 7.04. The Morgan fingerprint density at radius 1 is 0.906 bits per heavy atom. The van der Waals surface area contributed by atoms with Crippen molar-refractivity contribution in [2.24, 2.45) is 0 Å². The minimum Gasteiger partial charge on any atom is -0.507 e. The average molecular weight is 439 g/mol. The van der Waals surface area contributed by atoms with Crippen molar-refractivity contribution in [2.45, 2.75) is 6.04 Å². The Labute approximate surface area is 181 Å². The van der Waals surface area contributed by atoms with Crippen molar-refractivity contribution in [3.8, 4) is 5.75 Å². The highest BCUT2D eigenvalue weighted by atomic mass is 19.1. The van der Waals surface area contributed by atoms with Gasteiger partial charge in [-0.15, -0.1) is 0 Å². The normalized spacial score (nSPS) is 17.6. The number of ether oxygens (including phenoxy) is 1. The van der Waals surface area contributed by atoms with E-state index in [1.165, 1.54) is 31.4 Å². The van der Waals surface area contributed by atoms with Gasteiger partial charge in [0, 0.05) is 11.6 Å². The van der Waals surface area contributed by atoms with E-state index < -0.39 is 46.6 Å². The molecule has 0 aromatic heterocycles. The molecule has 1 aliphatic heterocycles. The lowest BCUT2D eigenvalue weighted by molar-refractivity contribution is -0.132. The van der Waals surface area contributed by atoms with E-state index in [2.05, 4.69) is 0 Å². The molecule has 1 atom stereocenters. The number of anilines is 1. The third-order valence-electron chi connectivity index (χ3n) is 5.16. The zero-order valence-electron chi connectivity index (χ0n) is 16.7. The van der Waals surface area contributed by atoms with Gasteiger partial charge in [-0.05, 0) is 54.1 Å². The molecule has 8 heteroatoms. The fourth-order valence-corrected chi connectivity index (χ4v) is 3.62. The number of hydrogen-bond donors (Lipinski definition) is 1. The van der Waals surface area contributed by atoms with Crippen molar-refractivity contribution in [1.82, 2.24) is 0 Å². The molecule has 1 unspecified atom stereocenters. The lowest BCUT2D eigenvalue weighted by atomic mass is 9.95. The summed E-state index contributed by atoms with van der Waals surface area (Å²) in [5, 5.41) is 10.9. The number of aliphatic hydroxyl groups is 1. The highest BCUT2D eigenvalue weighted by Gasteiger charge is 2.47. The molecule has 162 valence electrons. The summed E-state index contributed by atoms with van der Waals surface area (Å²) in [6.45, 7) is 0. The van der Waals surface area contributed by atoms with Gasteiger partial charge in [0.2, 0.25) is 0 Å². The quantitative estimate of drug-likeness (QED) is 0.362. The van der Waals surface area contributed by atoms with Crippen LogP contribution in [0.2, 0.25) is 0 Å². The van der Waals surface area contributed by atoms with Crippen LogP contribution in [0.25, 0.3) is 5.76 Å². The van der Waals surface area contributed by atoms with Crippen LogP contribution in [0.3, 0.4) is 0 Å². The van der Waals surface area contributed by atoms with Crippen LogP contribution in [0.4, 0.5) is 18.9 Å². The fraction of sp³-hybridized carbons (Fsp3) is 0.0833. The molecular weight excluding hydrogens is 423 g/mol. The number of halogens is 3. The Hall–Kier alpha value is -4.07. The van der Waals surface area contributed by atoms with E-state index in [1.807, 2.05) is 0 Å². The van der Waals surface area contributed by atoms with Crippen molar-refractivity contribution in [1.29, 1.82) is 0 Å². The first-order chi connectivity index (χ1) is 15.3. The largest absolute Gasteiger partial charge is 0.507 e. The minimum absolute atomic E-state index is 0.204. The van der Waals surface area contributed by atoms with E-state index in [1.54, 1.807) is 12.1 Å². The Balaban J connectivity index is 1.95. The Bertz CT molecular complexity index is 1240. The van der Waals surface area contributed by atoms with Crippen LogP contribution in [0.5, 0.6) is 5.75 Å². The number of amides is 1. The Morgan fingerprint density at radius 2 is 1.53 bits per heavy atom. The molecule has 1 heterocycles. The van der Waals surface area contributed by atoms with E-state index in [0.717, 1.165) is 35.2 Å². The van der Waals surface area contributed by atoms with Crippen molar-refractivity contribution >= 4 is 23.1 Å². The maximum absolute atomic E-state index is 14.6. The van der Waals surface area contributed by atoms with Crippen LogP contribution in [0.15, 0.2) is 72.3 Å². The molecule has 0 spiro atoms. The molecule has 32 heavy (non-hydrogen) atoms. The zero-order valence-corrected chi connectivity index (χ0v) is 16.7. The standard InChI is InChI=1S/C24H16F3NO4/c1-32-17-9-4-14(5-10-17)22(29)20-21(13-2-6-15(25)7-3-13)28(24(31)23(20)30)19-12-16(26)8-11-18(19)27/h2-12,21,29H,1H3/b22-20+. The summed E-state index contributed by atoms with van der Waals surface area (Å²) in [6, 6.07) is 12.0. The van der Waals surface area contributed by atoms with Crippen LogP contribution in [0, 0.1) is 17.5 Å². The van der Waals surface area contributed by atoms with Gasteiger partial charge in [0.25, 0.3) is 11.7 Å². The number of carbonyl (C=O) groups excluding carboxylic acids is 2. The number of methoxy groups -OCH3 is 1. The lowest BCUT2D eigenvalue weighted by Gasteiger charge is -2.25. The topological polar surface area (TPSA) is 66.8 Å².